The highest BCUT2D eigenvalue weighted by Gasteiger charge is 2.48. The van der Waals surface area contributed by atoms with Crippen LogP contribution in [0, 0.1) is 0 Å². The van der Waals surface area contributed by atoms with Crippen molar-refractivity contribution in [1.82, 2.24) is 14.3 Å². The van der Waals surface area contributed by atoms with Crippen LogP contribution in [0.1, 0.15) is 17.4 Å². The topological polar surface area (TPSA) is 87.7 Å². The largest absolute Gasteiger partial charge is 0.368 e. The van der Waals surface area contributed by atoms with Gasteiger partial charge in [-0.25, -0.2) is 18.4 Å². The van der Waals surface area contributed by atoms with Gasteiger partial charge in [0.1, 0.15) is 18.0 Å². The maximum Gasteiger partial charge on any atom is 0.245 e. The van der Waals surface area contributed by atoms with Crippen molar-refractivity contribution >= 4 is 21.7 Å². The molecule has 3 heterocycles. The molecule has 1 saturated heterocycles. The maximum atomic E-state index is 13.5. The van der Waals surface area contributed by atoms with Gasteiger partial charge in [-0.3, -0.25) is 0 Å². The highest BCUT2D eigenvalue weighted by Crippen LogP contribution is 2.43. The SMILES string of the molecule is CN(Cc1ccccc1)c1ncnc2c1[C@@H]1OC[C@@H](CN2)N1S(=O)(=O)c1ccccc1. The van der Waals surface area contributed by atoms with Crippen LogP contribution in [-0.4, -0.2) is 48.9 Å². The number of ether oxygens (including phenoxy) is 1. The predicted molar refractivity (Wildman–Crippen MR) is 117 cm³/mol. The molecule has 2 bridgehead atoms. The van der Waals surface area contributed by atoms with Crippen LogP contribution in [0.4, 0.5) is 11.6 Å². The Morgan fingerprint density at radius 2 is 1.81 bits per heavy atom. The predicted octanol–water partition coefficient (Wildman–Crippen LogP) is 2.63. The lowest BCUT2D eigenvalue weighted by molar-refractivity contribution is 0.0688. The van der Waals surface area contributed by atoms with Gasteiger partial charge in [0.25, 0.3) is 0 Å². The lowest BCUT2D eigenvalue weighted by Gasteiger charge is -2.28. The molecule has 0 aliphatic carbocycles. The van der Waals surface area contributed by atoms with E-state index in [9.17, 15) is 8.42 Å². The first-order valence-electron chi connectivity index (χ1n) is 10.1. The van der Waals surface area contributed by atoms with Gasteiger partial charge in [-0.05, 0) is 17.7 Å². The number of nitrogens with zero attached hydrogens (tertiary/aromatic N) is 4. The number of aromatic nitrogens is 2. The summed E-state index contributed by atoms with van der Waals surface area (Å²) in [6, 6.07) is 18.2. The minimum absolute atomic E-state index is 0.245. The highest BCUT2D eigenvalue weighted by molar-refractivity contribution is 7.89. The monoisotopic (exact) mass is 437 g/mol. The zero-order valence-corrected chi connectivity index (χ0v) is 17.9. The fourth-order valence-corrected chi connectivity index (χ4v) is 5.83. The van der Waals surface area contributed by atoms with E-state index in [1.165, 1.54) is 10.6 Å². The second-order valence-corrected chi connectivity index (χ2v) is 9.51. The first kappa shape index (κ1) is 19.9. The number of rotatable bonds is 5. The van der Waals surface area contributed by atoms with Crippen molar-refractivity contribution < 1.29 is 13.2 Å². The van der Waals surface area contributed by atoms with Gasteiger partial charge < -0.3 is 15.0 Å². The minimum Gasteiger partial charge on any atom is -0.368 e. The fourth-order valence-electron chi connectivity index (χ4n) is 4.14. The average Bonchev–Trinajstić information content (AvgIpc) is 3.14. The summed E-state index contributed by atoms with van der Waals surface area (Å²) >= 11 is 0. The number of anilines is 2. The summed E-state index contributed by atoms with van der Waals surface area (Å²) in [6.07, 6.45) is 0.701. The fraction of sp³-hybridized carbons (Fsp3) is 0.273. The van der Waals surface area contributed by atoms with E-state index in [0.717, 1.165) is 5.56 Å². The molecule has 31 heavy (non-hydrogen) atoms. The molecule has 5 rings (SSSR count). The molecule has 0 saturated carbocycles. The van der Waals surface area contributed by atoms with Crippen LogP contribution in [0.15, 0.2) is 71.9 Å². The summed E-state index contributed by atoms with van der Waals surface area (Å²) in [5.74, 6) is 1.24. The maximum absolute atomic E-state index is 13.5. The quantitative estimate of drug-likeness (QED) is 0.656. The van der Waals surface area contributed by atoms with E-state index < -0.39 is 16.3 Å². The Kier molecular flexibility index (Phi) is 5.09. The van der Waals surface area contributed by atoms with Crippen molar-refractivity contribution in [1.29, 1.82) is 0 Å². The van der Waals surface area contributed by atoms with Crippen molar-refractivity contribution in [2.45, 2.75) is 23.7 Å². The van der Waals surface area contributed by atoms with Gasteiger partial charge in [0.2, 0.25) is 10.0 Å². The second-order valence-electron chi connectivity index (χ2n) is 7.67. The molecular weight excluding hydrogens is 414 g/mol. The van der Waals surface area contributed by atoms with Crippen LogP contribution < -0.4 is 10.2 Å². The lowest BCUT2D eigenvalue weighted by Crippen LogP contribution is -2.40. The molecule has 1 aromatic heterocycles. The summed E-state index contributed by atoms with van der Waals surface area (Å²) in [5.41, 5.74) is 1.76. The lowest BCUT2D eigenvalue weighted by atomic mass is 10.2. The molecule has 0 unspecified atom stereocenters. The van der Waals surface area contributed by atoms with Crippen molar-refractivity contribution in [2.75, 3.05) is 30.4 Å². The Balaban J connectivity index is 1.57. The summed E-state index contributed by atoms with van der Waals surface area (Å²) in [6.45, 7) is 1.33. The Bertz CT molecular complexity index is 1170. The Labute approximate surface area is 181 Å². The van der Waals surface area contributed by atoms with Gasteiger partial charge in [-0.15, -0.1) is 0 Å². The van der Waals surface area contributed by atoms with E-state index in [1.54, 1.807) is 30.3 Å². The number of sulfonamides is 1. The molecule has 1 fully saturated rings. The number of nitrogens with one attached hydrogen (secondary N) is 1. The Hall–Kier alpha value is -3.01. The third-order valence-electron chi connectivity index (χ3n) is 5.60. The average molecular weight is 438 g/mol. The van der Waals surface area contributed by atoms with E-state index in [-0.39, 0.29) is 10.9 Å². The van der Waals surface area contributed by atoms with Crippen molar-refractivity contribution in [2.24, 2.45) is 0 Å². The second kappa shape index (κ2) is 7.92. The molecule has 0 radical (unpaired) electrons. The number of fused-ring (bicyclic) bond motifs is 4. The number of hydrogen-bond acceptors (Lipinski definition) is 7. The molecule has 9 heteroatoms. The third-order valence-corrected chi connectivity index (χ3v) is 7.51. The Morgan fingerprint density at radius 1 is 1.10 bits per heavy atom. The third kappa shape index (κ3) is 3.54. The van der Waals surface area contributed by atoms with Crippen LogP contribution >= 0.6 is 0 Å². The normalized spacial score (nSPS) is 20.5. The van der Waals surface area contributed by atoms with E-state index in [1.807, 2.05) is 42.3 Å². The van der Waals surface area contributed by atoms with Gasteiger partial charge in [0.15, 0.2) is 6.23 Å². The summed E-state index contributed by atoms with van der Waals surface area (Å²) in [7, 11) is -1.84. The molecule has 160 valence electrons. The van der Waals surface area contributed by atoms with E-state index in [2.05, 4.69) is 15.3 Å². The van der Waals surface area contributed by atoms with Crippen molar-refractivity contribution in [3.05, 3.63) is 78.1 Å². The van der Waals surface area contributed by atoms with E-state index in [4.69, 9.17) is 4.74 Å². The van der Waals surface area contributed by atoms with Crippen LogP contribution in [0.5, 0.6) is 0 Å². The molecular formula is C22H23N5O3S. The molecule has 1 N–H and O–H groups in total. The summed E-state index contributed by atoms with van der Waals surface area (Å²) < 4.78 is 34.6. The number of benzene rings is 2. The van der Waals surface area contributed by atoms with Gasteiger partial charge in [-0.1, -0.05) is 48.5 Å². The molecule has 8 nitrogen and oxygen atoms in total. The van der Waals surface area contributed by atoms with Crippen molar-refractivity contribution in [3.8, 4) is 0 Å². The van der Waals surface area contributed by atoms with Gasteiger partial charge in [-0.2, -0.15) is 4.31 Å². The van der Waals surface area contributed by atoms with Crippen LogP contribution in [0.3, 0.4) is 0 Å². The van der Waals surface area contributed by atoms with E-state index in [0.29, 0.717) is 36.9 Å². The van der Waals surface area contributed by atoms with Crippen LogP contribution in [0.2, 0.25) is 0 Å². The molecule has 0 spiro atoms. The van der Waals surface area contributed by atoms with Gasteiger partial charge >= 0.3 is 0 Å². The van der Waals surface area contributed by atoms with Gasteiger partial charge in [0, 0.05) is 20.1 Å². The van der Waals surface area contributed by atoms with Crippen LogP contribution in [0.25, 0.3) is 0 Å². The number of hydrogen-bond donors (Lipinski definition) is 1. The van der Waals surface area contributed by atoms with Gasteiger partial charge in [0.05, 0.1) is 23.1 Å². The molecule has 0 amide bonds. The standard InChI is InChI=1S/C22H23N5O3S/c1-26(13-16-8-4-2-5-9-16)21-19-20(24-15-25-21)23-12-17-14-30-22(19)27(17)31(28,29)18-10-6-3-7-11-18/h2-11,15,17,22H,12-14H2,1H3,(H,23,24,25)/t17-,22+/m1/s1. The smallest absolute Gasteiger partial charge is 0.245 e. The van der Waals surface area contributed by atoms with E-state index >= 15 is 0 Å². The zero-order valence-electron chi connectivity index (χ0n) is 17.0. The molecule has 2 aliphatic rings. The highest BCUT2D eigenvalue weighted by atomic mass is 32.2. The minimum atomic E-state index is -3.77. The first-order valence-corrected chi connectivity index (χ1v) is 11.5. The summed E-state index contributed by atoms with van der Waals surface area (Å²) in [5, 5.41) is 3.31. The molecule has 3 aromatic rings. The molecule has 2 aliphatic heterocycles. The first-order chi connectivity index (χ1) is 15.1. The zero-order chi connectivity index (χ0) is 21.4. The molecule has 2 atom stereocenters. The molecule has 2 aromatic carbocycles. The van der Waals surface area contributed by atoms with Crippen molar-refractivity contribution in [3.63, 3.8) is 0 Å². The Morgan fingerprint density at radius 3 is 2.55 bits per heavy atom. The summed E-state index contributed by atoms with van der Waals surface area (Å²) in [4.78, 5) is 11.1. The van der Waals surface area contributed by atoms with Crippen LogP contribution in [-0.2, 0) is 21.3 Å².